The molecule has 0 aliphatic carbocycles. The highest BCUT2D eigenvalue weighted by Gasteiger charge is 2.28. The van der Waals surface area contributed by atoms with Crippen molar-refractivity contribution in [1.82, 2.24) is 9.80 Å². The maximum absolute atomic E-state index is 9.41. The Kier molecular flexibility index (Phi) is 5.30. The maximum Gasteiger partial charge on any atom is 0.209 e. The first-order valence-corrected chi connectivity index (χ1v) is 7.02. The van der Waals surface area contributed by atoms with Gasteiger partial charge in [-0.05, 0) is 18.7 Å². The van der Waals surface area contributed by atoms with Crippen LogP contribution in [0.15, 0.2) is 60.3 Å². The molecule has 0 aromatic heterocycles. The van der Waals surface area contributed by atoms with Gasteiger partial charge >= 0.3 is 0 Å². The first kappa shape index (κ1) is 15.0. The lowest BCUT2D eigenvalue weighted by molar-refractivity contribution is 0.152. The number of likely N-dealkylation sites (N-methyl/N-ethyl adjacent to an activating group) is 1. The van der Waals surface area contributed by atoms with Gasteiger partial charge in [0.05, 0.1) is 6.04 Å². The van der Waals surface area contributed by atoms with Gasteiger partial charge < -0.3 is 9.80 Å². The zero-order valence-corrected chi connectivity index (χ0v) is 12.3. The summed E-state index contributed by atoms with van der Waals surface area (Å²) in [5.74, 6) is 0.454. The van der Waals surface area contributed by atoms with Gasteiger partial charge in [-0.3, -0.25) is 0 Å². The van der Waals surface area contributed by atoms with Crippen molar-refractivity contribution in [3.63, 3.8) is 0 Å². The number of nitrogens with zero attached hydrogens (tertiary/aromatic N) is 4. The first-order valence-electron chi connectivity index (χ1n) is 7.02. The summed E-state index contributed by atoms with van der Waals surface area (Å²) in [7, 11) is 2.11. The molecule has 1 aliphatic heterocycles. The second kappa shape index (κ2) is 7.41. The van der Waals surface area contributed by atoms with E-state index in [0.717, 1.165) is 19.6 Å². The van der Waals surface area contributed by atoms with E-state index in [4.69, 9.17) is 0 Å². The van der Waals surface area contributed by atoms with Crippen molar-refractivity contribution >= 4 is 5.84 Å². The molecule has 1 aromatic rings. The molecule has 1 aromatic carbocycles. The third-order valence-electron chi connectivity index (χ3n) is 3.56. The molecular weight excluding hydrogens is 260 g/mol. The van der Waals surface area contributed by atoms with Crippen molar-refractivity contribution < 1.29 is 0 Å². The zero-order chi connectivity index (χ0) is 15.1. The monoisotopic (exact) mass is 280 g/mol. The van der Waals surface area contributed by atoms with Gasteiger partial charge in [-0.25, -0.2) is 4.99 Å². The van der Waals surface area contributed by atoms with Gasteiger partial charge in [0.1, 0.15) is 6.07 Å². The van der Waals surface area contributed by atoms with Gasteiger partial charge in [-0.15, -0.1) is 0 Å². The van der Waals surface area contributed by atoms with E-state index in [2.05, 4.69) is 46.6 Å². The predicted octanol–water partition coefficient (Wildman–Crippen LogP) is 2.60. The number of allylic oxidation sites excluding steroid dienone is 2. The number of aliphatic imine (C=N–C) groups is 1. The molecule has 1 saturated heterocycles. The molecule has 0 bridgehead atoms. The van der Waals surface area contributed by atoms with E-state index in [1.807, 2.05) is 18.2 Å². The Morgan fingerprint density at radius 3 is 2.81 bits per heavy atom. The number of hydrogen-bond acceptors (Lipinski definition) is 3. The number of hydrogen-bond donors (Lipinski definition) is 0. The van der Waals surface area contributed by atoms with E-state index in [1.165, 1.54) is 5.56 Å². The molecule has 0 N–H and O–H groups in total. The molecule has 21 heavy (non-hydrogen) atoms. The van der Waals surface area contributed by atoms with Gasteiger partial charge in [0, 0.05) is 25.8 Å². The molecule has 0 spiro atoms. The maximum atomic E-state index is 9.41. The normalized spacial score (nSPS) is 20.5. The lowest BCUT2D eigenvalue weighted by atomic mass is 10.0. The Morgan fingerprint density at radius 1 is 1.38 bits per heavy atom. The molecular formula is C17H20N4. The van der Waals surface area contributed by atoms with E-state index in [-0.39, 0.29) is 6.04 Å². The smallest absolute Gasteiger partial charge is 0.209 e. The average Bonchev–Trinajstić information content (AvgIpc) is 2.53. The van der Waals surface area contributed by atoms with Crippen LogP contribution < -0.4 is 0 Å². The number of benzene rings is 1. The van der Waals surface area contributed by atoms with E-state index in [1.54, 1.807) is 18.4 Å². The molecule has 4 heteroatoms. The minimum atomic E-state index is 0.153. The van der Waals surface area contributed by atoms with Crippen LogP contribution >= 0.6 is 0 Å². The standard InChI is InChI=1S/C17H20N4/c1-3-4-10-19-17(13-18)21-12-11-20(2)14-16(21)15-8-6-5-7-9-15/h3-10,16H,1,11-12,14H2,2H3/b10-4-,19-17?. The molecule has 1 atom stereocenters. The molecule has 0 amide bonds. The third-order valence-corrected chi connectivity index (χ3v) is 3.56. The van der Waals surface area contributed by atoms with Crippen molar-refractivity contribution in [3.05, 3.63) is 60.8 Å². The zero-order valence-electron chi connectivity index (χ0n) is 12.3. The second-order valence-corrected chi connectivity index (χ2v) is 5.02. The Morgan fingerprint density at radius 2 is 2.14 bits per heavy atom. The number of piperazine rings is 1. The number of amidine groups is 1. The van der Waals surface area contributed by atoms with E-state index < -0.39 is 0 Å². The first-order chi connectivity index (χ1) is 10.3. The Bertz CT molecular complexity index is 568. The summed E-state index contributed by atoms with van der Waals surface area (Å²) < 4.78 is 0. The summed E-state index contributed by atoms with van der Waals surface area (Å²) in [6.07, 6.45) is 4.99. The third kappa shape index (κ3) is 3.80. The fraction of sp³-hybridized carbons (Fsp3) is 0.294. The molecule has 0 radical (unpaired) electrons. The molecule has 1 unspecified atom stereocenters. The van der Waals surface area contributed by atoms with Crippen LogP contribution in [-0.4, -0.2) is 42.3 Å². The van der Waals surface area contributed by atoms with E-state index in [9.17, 15) is 5.26 Å². The Balaban J connectivity index is 2.30. The fourth-order valence-electron chi connectivity index (χ4n) is 2.48. The van der Waals surface area contributed by atoms with Crippen molar-refractivity contribution in [2.45, 2.75) is 6.04 Å². The van der Waals surface area contributed by atoms with Crippen molar-refractivity contribution in [2.24, 2.45) is 4.99 Å². The summed E-state index contributed by atoms with van der Waals surface area (Å²) >= 11 is 0. The van der Waals surface area contributed by atoms with Crippen molar-refractivity contribution in [2.75, 3.05) is 26.7 Å². The molecule has 2 rings (SSSR count). The fourth-order valence-corrected chi connectivity index (χ4v) is 2.48. The van der Waals surface area contributed by atoms with Crippen LogP contribution in [0.5, 0.6) is 0 Å². The SMILES string of the molecule is C=C/C=C\N=C(C#N)N1CCN(C)CC1c1ccccc1. The molecule has 108 valence electrons. The minimum absolute atomic E-state index is 0.153. The Labute approximate surface area is 126 Å². The average molecular weight is 280 g/mol. The van der Waals surface area contributed by atoms with Gasteiger partial charge in [0.25, 0.3) is 0 Å². The predicted molar refractivity (Wildman–Crippen MR) is 85.8 cm³/mol. The summed E-state index contributed by atoms with van der Waals surface area (Å²) in [4.78, 5) is 8.63. The quantitative estimate of drug-likeness (QED) is 0.485. The highest BCUT2D eigenvalue weighted by Crippen LogP contribution is 2.25. The lowest BCUT2D eigenvalue weighted by Crippen LogP contribution is -2.49. The summed E-state index contributed by atoms with van der Waals surface area (Å²) in [6, 6.07) is 12.6. The molecule has 1 fully saturated rings. The van der Waals surface area contributed by atoms with Crippen LogP contribution in [0.4, 0.5) is 0 Å². The van der Waals surface area contributed by atoms with Crippen LogP contribution in [0.3, 0.4) is 0 Å². The highest BCUT2D eigenvalue weighted by molar-refractivity contribution is 5.97. The summed E-state index contributed by atoms with van der Waals surface area (Å²) in [5, 5.41) is 9.41. The van der Waals surface area contributed by atoms with Crippen LogP contribution in [0.2, 0.25) is 0 Å². The lowest BCUT2D eigenvalue weighted by Gasteiger charge is -2.40. The summed E-state index contributed by atoms with van der Waals surface area (Å²) in [6.45, 7) is 6.22. The molecule has 0 saturated carbocycles. The van der Waals surface area contributed by atoms with Crippen LogP contribution in [0.1, 0.15) is 11.6 Å². The summed E-state index contributed by atoms with van der Waals surface area (Å²) in [5.41, 5.74) is 1.21. The van der Waals surface area contributed by atoms with Gasteiger partial charge in [-0.2, -0.15) is 5.26 Å². The van der Waals surface area contributed by atoms with Crippen LogP contribution in [-0.2, 0) is 0 Å². The van der Waals surface area contributed by atoms with Crippen LogP contribution in [0.25, 0.3) is 0 Å². The van der Waals surface area contributed by atoms with E-state index >= 15 is 0 Å². The molecule has 1 heterocycles. The van der Waals surface area contributed by atoms with Gasteiger partial charge in [-0.1, -0.05) is 43.0 Å². The topological polar surface area (TPSA) is 42.6 Å². The second-order valence-electron chi connectivity index (χ2n) is 5.02. The number of rotatable bonds is 3. The minimum Gasteiger partial charge on any atom is -0.338 e. The van der Waals surface area contributed by atoms with Gasteiger partial charge in [0.15, 0.2) is 0 Å². The van der Waals surface area contributed by atoms with Crippen molar-refractivity contribution in [1.29, 1.82) is 5.26 Å². The van der Waals surface area contributed by atoms with Crippen molar-refractivity contribution in [3.8, 4) is 6.07 Å². The Hall–Kier alpha value is -2.38. The molecule has 4 nitrogen and oxygen atoms in total. The largest absolute Gasteiger partial charge is 0.338 e. The molecule has 1 aliphatic rings. The van der Waals surface area contributed by atoms with Crippen LogP contribution in [0, 0.1) is 11.3 Å². The number of nitriles is 1. The highest BCUT2D eigenvalue weighted by atomic mass is 15.3. The van der Waals surface area contributed by atoms with Gasteiger partial charge in [0.2, 0.25) is 5.84 Å². The van der Waals surface area contributed by atoms with E-state index in [0.29, 0.717) is 5.84 Å².